The van der Waals surface area contributed by atoms with Crippen molar-refractivity contribution in [2.24, 2.45) is 5.41 Å². The van der Waals surface area contributed by atoms with Crippen molar-refractivity contribution in [2.45, 2.75) is 33.2 Å². The molecule has 22 heavy (non-hydrogen) atoms. The monoisotopic (exact) mass is 347 g/mol. The summed E-state index contributed by atoms with van der Waals surface area (Å²) in [6, 6.07) is 0. The number of pyridine rings is 1. The minimum atomic E-state index is 0. The highest BCUT2D eigenvalue weighted by Gasteiger charge is 2.40. The zero-order valence-corrected chi connectivity index (χ0v) is 15.3. The van der Waals surface area contributed by atoms with Crippen molar-refractivity contribution < 1.29 is 4.74 Å². The van der Waals surface area contributed by atoms with Gasteiger partial charge in [-0.05, 0) is 45.2 Å². The number of halogens is 2. The molecule has 0 radical (unpaired) electrons. The largest absolute Gasteiger partial charge is 0.496 e. The van der Waals surface area contributed by atoms with Gasteiger partial charge in [0.25, 0.3) is 0 Å². The lowest BCUT2D eigenvalue weighted by molar-refractivity contribution is 0.265. The predicted octanol–water partition coefficient (Wildman–Crippen LogP) is 2.74. The molecule has 126 valence electrons. The smallest absolute Gasteiger partial charge is 0.128 e. The summed E-state index contributed by atoms with van der Waals surface area (Å²) < 4.78 is 5.51. The van der Waals surface area contributed by atoms with Crippen molar-refractivity contribution in [1.82, 2.24) is 15.2 Å². The number of aryl methyl sites for hydroxylation is 1. The third-order valence-corrected chi connectivity index (χ3v) is 4.97. The van der Waals surface area contributed by atoms with Crippen molar-refractivity contribution in [1.29, 1.82) is 0 Å². The Morgan fingerprint density at radius 3 is 2.73 bits per heavy atom. The molecular formula is C16H27Cl2N3O. The van der Waals surface area contributed by atoms with Crippen molar-refractivity contribution in [3.05, 3.63) is 23.0 Å². The second-order valence-corrected chi connectivity index (χ2v) is 6.43. The first-order valence-corrected chi connectivity index (χ1v) is 7.56. The van der Waals surface area contributed by atoms with E-state index in [9.17, 15) is 0 Å². The third-order valence-electron chi connectivity index (χ3n) is 4.97. The van der Waals surface area contributed by atoms with Crippen LogP contribution < -0.4 is 10.1 Å². The highest BCUT2D eigenvalue weighted by Crippen LogP contribution is 2.37. The van der Waals surface area contributed by atoms with Crippen LogP contribution >= 0.6 is 24.8 Å². The molecule has 1 aromatic rings. The van der Waals surface area contributed by atoms with Crippen LogP contribution in [0.1, 0.15) is 29.7 Å². The van der Waals surface area contributed by atoms with Crippen molar-refractivity contribution >= 4 is 24.8 Å². The van der Waals surface area contributed by atoms with Crippen molar-refractivity contribution in [3.8, 4) is 5.75 Å². The molecule has 2 aliphatic heterocycles. The number of methoxy groups -OCH3 is 1. The van der Waals surface area contributed by atoms with E-state index in [0.717, 1.165) is 23.6 Å². The van der Waals surface area contributed by atoms with Gasteiger partial charge < -0.3 is 10.1 Å². The van der Waals surface area contributed by atoms with Crippen LogP contribution in [0.3, 0.4) is 0 Å². The summed E-state index contributed by atoms with van der Waals surface area (Å²) >= 11 is 0. The lowest BCUT2D eigenvalue weighted by Gasteiger charge is -2.23. The fourth-order valence-electron chi connectivity index (χ4n) is 3.75. The number of nitrogens with zero attached hydrogens (tertiary/aromatic N) is 2. The number of rotatable bonds is 3. The van der Waals surface area contributed by atoms with Crippen LogP contribution in [0.2, 0.25) is 0 Å². The number of nitrogens with one attached hydrogen (secondary N) is 1. The van der Waals surface area contributed by atoms with E-state index in [1.54, 1.807) is 7.11 Å². The normalized spacial score (nSPS) is 24.1. The first kappa shape index (κ1) is 19.5. The Morgan fingerprint density at radius 2 is 2.09 bits per heavy atom. The van der Waals surface area contributed by atoms with Crippen molar-refractivity contribution in [2.75, 3.05) is 33.3 Å². The van der Waals surface area contributed by atoms with Crippen molar-refractivity contribution in [3.63, 3.8) is 0 Å². The first-order valence-electron chi connectivity index (χ1n) is 7.56. The van der Waals surface area contributed by atoms with E-state index in [2.05, 4.69) is 29.0 Å². The molecule has 3 rings (SSSR count). The van der Waals surface area contributed by atoms with Crippen LogP contribution in [-0.2, 0) is 6.54 Å². The molecule has 2 aliphatic rings. The van der Waals surface area contributed by atoms with Crippen LogP contribution in [-0.4, -0.2) is 43.2 Å². The van der Waals surface area contributed by atoms with Crippen LogP contribution in [0.5, 0.6) is 5.75 Å². The lowest BCUT2D eigenvalue weighted by atomic mass is 9.87. The van der Waals surface area contributed by atoms with Gasteiger partial charge in [-0.1, -0.05) is 0 Å². The second kappa shape index (κ2) is 7.82. The number of likely N-dealkylation sites (tertiary alicyclic amines) is 1. The van der Waals surface area contributed by atoms with Gasteiger partial charge in [0.05, 0.1) is 12.8 Å². The summed E-state index contributed by atoms with van der Waals surface area (Å²) in [5.74, 6) is 0.992. The third kappa shape index (κ3) is 3.67. The summed E-state index contributed by atoms with van der Waals surface area (Å²) in [6.07, 6.45) is 4.58. The Bertz CT molecular complexity index is 504. The molecule has 0 aliphatic carbocycles. The fourth-order valence-corrected chi connectivity index (χ4v) is 3.75. The van der Waals surface area contributed by atoms with E-state index in [4.69, 9.17) is 4.74 Å². The molecule has 3 heterocycles. The van der Waals surface area contributed by atoms with E-state index >= 15 is 0 Å². The second-order valence-electron chi connectivity index (χ2n) is 6.43. The zero-order chi connectivity index (χ0) is 14.2. The molecule has 2 fully saturated rings. The van der Waals surface area contributed by atoms with E-state index in [-0.39, 0.29) is 24.8 Å². The molecule has 1 spiro atoms. The summed E-state index contributed by atoms with van der Waals surface area (Å²) in [6.45, 7) is 9.89. The standard InChI is InChI=1S/C16H25N3O.2ClH/c1-12-8-18-14(13(2)15(12)20-3)9-19-7-5-16(11-19)4-6-17-10-16;;/h8,17H,4-7,9-11H2,1-3H3;2*1H. The fraction of sp³-hybridized carbons (Fsp3) is 0.688. The maximum Gasteiger partial charge on any atom is 0.128 e. The zero-order valence-electron chi connectivity index (χ0n) is 13.6. The Morgan fingerprint density at radius 1 is 1.32 bits per heavy atom. The average Bonchev–Trinajstić information content (AvgIpc) is 3.05. The number of hydrogen-bond donors (Lipinski definition) is 1. The van der Waals surface area contributed by atoms with Gasteiger partial charge in [-0.2, -0.15) is 0 Å². The Balaban J connectivity index is 0.00000121. The van der Waals surface area contributed by atoms with Gasteiger partial charge in [-0.25, -0.2) is 0 Å². The molecule has 1 N–H and O–H groups in total. The van der Waals surface area contributed by atoms with Crippen LogP contribution in [0.15, 0.2) is 6.20 Å². The Hall–Kier alpha value is -0.550. The quantitative estimate of drug-likeness (QED) is 0.912. The van der Waals surface area contributed by atoms with Gasteiger partial charge >= 0.3 is 0 Å². The molecule has 1 aromatic heterocycles. The molecule has 6 heteroatoms. The maximum absolute atomic E-state index is 5.51. The number of hydrogen-bond acceptors (Lipinski definition) is 4. The topological polar surface area (TPSA) is 37.4 Å². The highest BCUT2D eigenvalue weighted by molar-refractivity contribution is 5.85. The number of ether oxygens (including phenoxy) is 1. The first-order chi connectivity index (χ1) is 9.63. The van der Waals surface area contributed by atoms with E-state index in [0.29, 0.717) is 5.41 Å². The number of aromatic nitrogens is 1. The molecule has 0 amide bonds. The van der Waals surface area contributed by atoms with Crippen LogP contribution in [0.25, 0.3) is 0 Å². The summed E-state index contributed by atoms with van der Waals surface area (Å²) in [5, 5.41) is 3.51. The summed E-state index contributed by atoms with van der Waals surface area (Å²) in [4.78, 5) is 7.18. The molecule has 1 atom stereocenters. The van der Waals surface area contributed by atoms with E-state index in [1.165, 1.54) is 44.6 Å². The molecular weight excluding hydrogens is 321 g/mol. The average molecular weight is 348 g/mol. The van der Waals surface area contributed by atoms with Crippen LogP contribution in [0.4, 0.5) is 0 Å². The molecule has 0 aromatic carbocycles. The minimum absolute atomic E-state index is 0. The molecule has 2 saturated heterocycles. The molecule has 4 nitrogen and oxygen atoms in total. The van der Waals surface area contributed by atoms with Gasteiger partial charge in [-0.3, -0.25) is 9.88 Å². The van der Waals surface area contributed by atoms with Gasteiger partial charge in [0.15, 0.2) is 0 Å². The minimum Gasteiger partial charge on any atom is -0.496 e. The maximum atomic E-state index is 5.51. The molecule has 0 bridgehead atoms. The predicted molar refractivity (Wildman–Crippen MR) is 94.6 cm³/mol. The van der Waals surface area contributed by atoms with Crippen LogP contribution in [0, 0.1) is 19.3 Å². The Kier molecular flexibility index (Phi) is 6.93. The van der Waals surface area contributed by atoms with Gasteiger partial charge in [-0.15, -0.1) is 24.8 Å². The Labute approximate surface area is 145 Å². The van der Waals surface area contributed by atoms with Gasteiger partial charge in [0, 0.05) is 37.0 Å². The van der Waals surface area contributed by atoms with Gasteiger partial charge in [0.2, 0.25) is 0 Å². The summed E-state index contributed by atoms with van der Waals surface area (Å²) in [7, 11) is 1.74. The van der Waals surface area contributed by atoms with E-state index < -0.39 is 0 Å². The molecule has 1 unspecified atom stereocenters. The van der Waals surface area contributed by atoms with E-state index in [1.807, 2.05) is 6.20 Å². The SMILES string of the molecule is COc1c(C)cnc(CN2CCC3(CCNC3)C2)c1C.Cl.Cl. The highest BCUT2D eigenvalue weighted by atomic mass is 35.5. The lowest BCUT2D eigenvalue weighted by Crippen LogP contribution is -2.29. The van der Waals surface area contributed by atoms with Gasteiger partial charge in [0.1, 0.15) is 5.75 Å². The molecule has 0 saturated carbocycles. The summed E-state index contributed by atoms with van der Waals surface area (Å²) in [5.41, 5.74) is 4.00.